The Morgan fingerprint density at radius 1 is 1.50 bits per heavy atom. The van der Waals surface area contributed by atoms with E-state index in [2.05, 4.69) is 10.2 Å². The van der Waals surface area contributed by atoms with Gasteiger partial charge in [0.05, 0.1) is 0 Å². The van der Waals surface area contributed by atoms with Gasteiger partial charge in [0.2, 0.25) is 0 Å². The van der Waals surface area contributed by atoms with E-state index in [1.807, 2.05) is 6.92 Å². The van der Waals surface area contributed by atoms with Gasteiger partial charge in [-0.05, 0) is 0 Å². The first-order valence-electron chi connectivity index (χ1n) is 6.82. The van der Waals surface area contributed by atoms with Gasteiger partial charge in [0.25, 0.3) is 0 Å². The van der Waals surface area contributed by atoms with Gasteiger partial charge in [-0.25, -0.2) is 0 Å². The first-order chi connectivity index (χ1) is 9.74. The fourth-order valence-corrected chi connectivity index (χ4v) is 2.80. The molecule has 0 unspecified atom stereocenters. The van der Waals surface area contributed by atoms with E-state index in [1.165, 1.54) is 5.06 Å². The predicted molar refractivity (Wildman–Crippen MR) is 67.6 cm³/mol. The van der Waals surface area contributed by atoms with Crippen molar-refractivity contribution in [3.8, 4) is 0 Å². The Bertz CT molecular complexity index is 522. The summed E-state index contributed by atoms with van der Waals surface area (Å²) in [5.41, 5.74) is 0. The van der Waals surface area contributed by atoms with Crippen molar-refractivity contribution in [1.29, 1.82) is 5.31 Å². The topological polar surface area (TPSA) is 95.5 Å². The standard InChI is InChI=1S/C11H16BN5O3/c1-2-3-9-14-15-10(19-9)8-5-4-7-6-16(8)11(18)17(7)20-12-13/h7-8,13H,2-6H2,1H3/t7-,8+/m1/s1. The van der Waals surface area contributed by atoms with Gasteiger partial charge >= 0.3 is 116 Å². The second kappa shape index (κ2) is 5.22. The summed E-state index contributed by atoms with van der Waals surface area (Å²) < 4.78 is 10.6. The third-order valence-electron chi connectivity index (χ3n) is 3.72. The van der Waals surface area contributed by atoms with E-state index in [0.717, 1.165) is 33.0 Å². The third kappa shape index (κ3) is 2.06. The Kier molecular flexibility index (Phi) is 3.41. The quantitative estimate of drug-likeness (QED) is 0.818. The van der Waals surface area contributed by atoms with Crippen LogP contribution in [0, 0.1) is 5.31 Å². The summed E-state index contributed by atoms with van der Waals surface area (Å²) in [5, 5.41) is 16.3. The van der Waals surface area contributed by atoms with E-state index in [1.54, 1.807) is 4.90 Å². The number of hydrogen-bond donors (Lipinski definition) is 1. The molecule has 20 heavy (non-hydrogen) atoms. The van der Waals surface area contributed by atoms with Crippen LogP contribution in [0.2, 0.25) is 0 Å². The van der Waals surface area contributed by atoms with Gasteiger partial charge in [-0.3, -0.25) is 0 Å². The van der Waals surface area contributed by atoms with Crippen molar-refractivity contribution >= 4 is 13.3 Å². The SMILES string of the molecule is CCCc1nnc([C@@H]2CC[C@@H]3CN2C(=O)N3OB=N)o1. The summed E-state index contributed by atoms with van der Waals surface area (Å²) >= 11 is 0. The van der Waals surface area contributed by atoms with Crippen molar-refractivity contribution in [2.75, 3.05) is 6.54 Å². The molecule has 3 rings (SSSR count). The monoisotopic (exact) mass is 277 g/mol. The second-order valence-corrected chi connectivity index (χ2v) is 5.02. The maximum absolute atomic E-state index is 12.2. The average Bonchev–Trinajstić information content (AvgIpc) is 3.00. The van der Waals surface area contributed by atoms with Crippen LogP contribution >= 0.6 is 0 Å². The maximum atomic E-state index is 12.2. The molecule has 0 saturated carbocycles. The first-order valence-corrected chi connectivity index (χ1v) is 6.82. The van der Waals surface area contributed by atoms with Crippen molar-refractivity contribution in [3.63, 3.8) is 0 Å². The van der Waals surface area contributed by atoms with Crippen LogP contribution in [0.25, 0.3) is 0 Å². The fourth-order valence-electron chi connectivity index (χ4n) is 2.80. The Labute approximate surface area is 116 Å². The minimum absolute atomic E-state index is 0.00150. The number of rotatable bonds is 5. The van der Waals surface area contributed by atoms with Crippen molar-refractivity contribution < 1.29 is 14.0 Å². The van der Waals surface area contributed by atoms with Crippen molar-refractivity contribution in [2.24, 2.45) is 0 Å². The number of aryl methyl sites for hydroxylation is 1. The molecule has 8 nitrogen and oxygen atoms in total. The van der Waals surface area contributed by atoms with Crippen LogP contribution in [-0.4, -0.2) is 46.1 Å². The number of nitrogens with zero attached hydrogens (tertiary/aromatic N) is 4. The van der Waals surface area contributed by atoms with Crippen molar-refractivity contribution in [2.45, 2.75) is 44.7 Å². The molecule has 9 heteroatoms. The molecule has 2 aliphatic rings. The molecule has 3 heterocycles. The van der Waals surface area contributed by atoms with E-state index in [-0.39, 0.29) is 18.1 Å². The second-order valence-electron chi connectivity index (χ2n) is 5.02. The van der Waals surface area contributed by atoms with Crippen LogP contribution in [0.4, 0.5) is 4.79 Å². The van der Waals surface area contributed by atoms with E-state index < -0.39 is 0 Å². The molecule has 0 aromatic carbocycles. The molecule has 0 radical (unpaired) electrons. The van der Waals surface area contributed by atoms with Crippen LogP contribution < -0.4 is 0 Å². The van der Waals surface area contributed by atoms with Crippen LogP contribution in [0.5, 0.6) is 0 Å². The summed E-state index contributed by atoms with van der Waals surface area (Å²) in [4.78, 5) is 13.9. The molecule has 1 N–H and O–H groups in total. The number of carbonyl (C=O) groups excluding carboxylic acids is 1. The summed E-state index contributed by atoms with van der Waals surface area (Å²) in [6, 6.07) is -0.425. The van der Waals surface area contributed by atoms with E-state index in [4.69, 9.17) is 14.5 Å². The minimum atomic E-state index is -0.240. The summed E-state index contributed by atoms with van der Waals surface area (Å²) in [7, 11) is 0.779. The number of aromatic nitrogens is 2. The van der Waals surface area contributed by atoms with Crippen LogP contribution in [-0.2, 0) is 11.2 Å². The van der Waals surface area contributed by atoms with Crippen molar-refractivity contribution in [3.05, 3.63) is 11.8 Å². The molecular weight excluding hydrogens is 261 g/mol. The molecular formula is C11H16BN5O3. The summed E-state index contributed by atoms with van der Waals surface area (Å²) in [6.45, 7) is 2.62. The summed E-state index contributed by atoms with van der Waals surface area (Å²) in [6.07, 6.45) is 3.26. The molecule has 2 bridgehead atoms. The molecule has 1 aromatic heterocycles. The fraction of sp³-hybridized carbons (Fsp3) is 0.727. The van der Waals surface area contributed by atoms with Gasteiger partial charge in [-0.15, -0.1) is 0 Å². The third-order valence-corrected chi connectivity index (χ3v) is 3.72. The molecule has 2 aliphatic heterocycles. The zero-order valence-corrected chi connectivity index (χ0v) is 11.3. The van der Waals surface area contributed by atoms with Gasteiger partial charge in [0, 0.05) is 0 Å². The van der Waals surface area contributed by atoms with Crippen LogP contribution in [0.3, 0.4) is 0 Å². The number of hydroxylamine groups is 2. The van der Waals surface area contributed by atoms with Crippen LogP contribution in [0.1, 0.15) is 44.0 Å². The number of piperidine rings is 1. The van der Waals surface area contributed by atoms with E-state index in [9.17, 15) is 4.79 Å². The average molecular weight is 277 g/mol. The number of urea groups is 1. The van der Waals surface area contributed by atoms with E-state index in [0.29, 0.717) is 18.3 Å². The molecule has 106 valence electrons. The van der Waals surface area contributed by atoms with E-state index >= 15 is 0 Å². The number of carbonyl (C=O) groups is 1. The molecule has 2 saturated heterocycles. The van der Waals surface area contributed by atoms with Gasteiger partial charge in [0.1, 0.15) is 0 Å². The number of amides is 2. The van der Waals surface area contributed by atoms with Gasteiger partial charge < -0.3 is 0 Å². The van der Waals surface area contributed by atoms with Gasteiger partial charge in [-0.1, -0.05) is 0 Å². The zero-order valence-electron chi connectivity index (χ0n) is 11.3. The molecule has 0 aliphatic carbocycles. The number of hydrogen-bond acceptors (Lipinski definition) is 6. The zero-order chi connectivity index (χ0) is 14.1. The Morgan fingerprint density at radius 2 is 2.35 bits per heavy atom. The molecule has 1 aromatic rings. The number of fused-ring (bicyclic) bond motifs is 2. The van der Waals surface area contributed by atoms with Crippen LogP contribution in [0.15, 0.2) is 4.42 Å². The molecule has 2 amide bonds. The molecule has 2 fully saturated rings. The predicted octanol–water partition coefficient (Wildman–Crippen LogP) is 1.28. The number of nitrogens with one attached hydrogen (secondary N) is 1. The van der Waals surface area contributed by atoms with Gasteiger partial charge in [0.15, 0.2) is 0 Å². The molecule has 0 spiro atoms. The van der Waals surface area contributed by atoms with Crippen molar-refractivity contribution in [1.82, 2.24) is 20.2 Å². The Balaban J connectivity index is 1.78. The Morgan fingerprint density at radius 3 is 3.10 bits per heavy atom. The molecule has 2 atom stereocenters. The normalized spacial score (nSPS) is 24.9. The Hall–Kier alpha value is -1.93. The van der Waals surface area contributed by atoms with Gasteiger partial charge in [-0.2, -0.15) is 0 Å². The first kappa shape index (κ1) is 13.1. The summed E-state index contributed by atoms with van der Waals surface area (Å²) in [5.74, 6) is 1.11.